The molecule has 0 radical (unpaired) electrons. The Hall–Kier alpha value is -0.790. The van der Waals surface area contributed by atoms with E-state index in [2.05, 4.69) is 20.8 Å². The first-order valence-corrected chi connectivity index (χ1v) is 6.51. The highest BCUT2D eigenvalue weighted by molar-refractivity contribution is 5.99. The number of nitrogens with one attached hydrogen (secondary N) is 1. The lowest BCUT2D eigenvalue weighted by Gasteiger charge is -2.18. The van der Waals surface area contributed by atoms with E-state index in [4.69, 9.17) is 5.41 Å². The molecule has 16 heavy (non-hydrogen) atoms. The summed E-state index contributed by atoms with van der Waals surface area (Å²) in [4.78, 5) is 0. The van der Waals surface area contributed by atoms with Gasteiger partial charge in [-0.15, -0.1) is 0 Å². The summed E-state index contributed by atoms with van der Waals surface area (Å²) in [5, 5.41) is 17.8. The van der Waals surface area contributed by atoms with Crippen LogP contribution in [0.4, 0.5) is 0 Å². The van der Waals surface area contributed by atoms with E-state index in [0.717, 1.165) is 32.1 Å². The Labute approximate surface area is 99.3 Å². The molecular formula is C14H25NO. The fraction of sp³-hybridized carbons (Fsp3) is 0.786. The van der Waals surface area contributed by atoms with Gasteiger partial charge in [-0.2, -0.15) is 0 Å². The molecule has 0 amide bonds. The summed E-state index contributed by atoms with van der Waals surface area (Å²) in [6, 6.07) is 0. The van der Waals surface area contributed by atoms with Gasteiger partial charge in [0.1, 0.15) is 0 Å². The van der Waals surface area contributed by atoms with E-state index in [1.165, 1.54) is 6.42 Å². The number of hydrogen-bond donors (Lipinski definition) is 2. The lowest BCUT2D eigenvalue weighted by atomic mass is 9.87. The number of hydrogen-bond acceptors (Lipinski definition) is 2. The summed E-state index contributed by atoms with van der Waals surface area (Å²) in [5.41, 5.74) is 0.718. The molecule has 0 aliphatic heterocycles. The van der Waals surface area contributed by atoms with Crippen LogP contribution in [0.2, 0.25) is 0 Å². The lowest BCUT2D eigenvalue weighted by molar-refractivity contribution is 0.381. The molecule has 1 aliphatic carbocycles. The molecule has 0 spiro atoms. The van der Waals surface area contributed by atoms with Gasteiger partial charge in [-0.05, 0) is 31.3 Å². The van der Waals surface area contributed by atoms with Gasteiger partial charge < -0.3 is 10.5 Å². The minimum Gasteiger partial charge on any atom is -0.512 e. The SMILES string of the molecule is CCCCC/C(O)=C/C(=N)C1(C(C)C)CC1. The fourth-order valence-electron chi connectivity index (χ4n) is 2.23. The molecule has 0 aromatic heterocycles. The van der Waals surface area contributed by atoms with Crippen molar-refractivity contribution in [1.29, 1.82) is 5.41 Å². The quantitative estimate of drug-likeness (QED) is 0.373. The first-order valence-electron chi connectivity index (χ1n) is 6.51. The van der Waals surface area contributed by atoms with Crippen molar-refractivity contribution < 1.29 is 5.11 Å². The molecule has 0 aromatic rings. The molecule has 0 aromatic carbocycles. The third kappa shape index (κ3) is 3.10. The molecule has 2 nitrogen and oxygen atoms in total. The third-order valence-electron chi connectivity index (χ3n) is 3.78. The molecule has 0 heterocycles. The van der Waals surface area contributed by atoms with Crippen LogP contribution in [0.1, 0.15) is 59.3 Å². The molecule has 1 fully saturated rings. The predicted octanol–water partition coefficient (Wildman–Crippen LogP) is 4.46. The molecule has 92 valence electrons. The van der Waals surface area contributed by atoms with E-state index in [-0.39, 0.29) is 5.41 Å². The van der Waals surface area contributed by atoms with Crippen LogP contribution in [-0.4, -0.2) is 10.8 Å². The number of unbranched alkanes of at least 4 members (excludes halogenated alkanes) is 2. The van der Waals surface area contributed by atoms with E-state index in [1.54, 1.807) is 6.08 Å². The third-order valence-corrected chi connectivity index (χ3v) is 3.78. The van der Waals surface area contributed by atoms with E-state index >= 15 is 0 Å². The molecule has 1 aliphatic rings. The van der Waals surface area contributed by atoms with Crippen LogP contribution in [-0.2, 0) is 0 Å². The van der Waals surface area contributed by atoms with Gasteiger partial charge in [0.15, 0.2) is 0 Å². The van der Waals surface area contributed by atoms with Crippen molar-refractivity contribution in [3.63, 3.8) is 0 Å². The Bertz CT molecular complexity index is 274. The zero-order valence-electron chi connectivity index (χ0n) is 10.8. The highest BCUT2D eigenvalue weighted by atomic mass is 16.3. The van der Waals surface area contributed by atoms with Gasteiger partial charge in [0.25, 0.3) is 0 Å². The lowest BCUT2D eigenvalue weighted by Crippen LogP contribution is -2.19. The summed E-state index contributed by atoms with van der Waals surface area (Å²) >= 11 is 0. The molecular weight excluding hydrogens is 198 g/mol. The van der Waals surface area contributed by atoms with Crippen LogP contribution >= 0.6 is 0 Å². The van der Waals surface area contributed by atoms with Crippen LogP contribution in [0.25, 0.3) is 0 Å². The smallest absolute Gasteiger partial charge is 0.0940 e. The number of aliphatic hydroxyl groups excluding tert-OH is 1. The zero-order valence-corrected chi connectivity index (χ0v) is 10.8. The summed E-state index contributed by atoms with van der Waals surface area (Å²) in [6.45, 7) is 6.49. The molecule has 1 rings (SSSR count). The van der Waals surface area contributed by atoms with Crippen molar-refractivity contribution >= 4 is 5.71 Å². The average molecular weight is 223 g/mol. The second-order valence-corrected chi connectivity index (χ2v) is 5.32. The summed E-state index contributed by atoms with van der Waals surface area (Å²) in [5.74, 6) is 0.907. The Kier molecular flexibility index (Phi) is 4.57. The van der Waals surface area contributed by atoms with Crippen molar-refractivity contribution in [2.24, 2.45) is 11.3 Å². The fourth-order valence-corrected chi connectivity index (χ4v) is 2.23. The van der Waals surface area contributed by atoms with Gasteiger partial charge in [-0.25, -0.2) is 0 Å². The minimum atomic E-state index is 0.0821. The van der Waals surface area contributed by atoms with Crippen molar-refractivity contribution in [2.75, 3.05) is 0 Å². The van der Waals surface area contributed by atoms with Crippen molar-refractivity contribution in [3.8, 4) is 0 Å². The van der Waals surface area contributed by atoms with Crippen LogP contribution in [0, 0.1) is 16.7 Å². The highest BCUT2D eigenvalue weighted by Gasteiger charge is 2.48. The standard InChI is InChI=1S/C14H25NO/c1-4-5-6-7-12(16)10-13(15)14(8-9-14)11(2)3/h10-11,15-16H,4-9H2,1-3H3/b12-10-,15-13?. The van der Waals surface area contributed by atoms with E-state index in [1.807, 2.05) is 0 Å². The summed E-state index contributed by atoms with van der Waals surface area (Å²) in [6.07, 6.45) is 8.00. The van der Waals surface area contributed by atoms with Gasteiger partial charge in [0.2, 0.25) is 0 Å². The molecule has 0 saturated heterocycles. The largest absolute Gasteiger partial charge is 0.512 e. The molecule has 2 heteroatoms. The molecule has 0 unspecified atom stereocenters. The maximum atomic E-state index is 9.74. The number of rotatable bonds is 7. The average Bonchev–Trinajstić information content (AvgIpc) is 2.98. The maximum Gasteiger partial charge on any atom is 0.0940 e. The highest BCUT2D eigenvalue weighted by Crippen LogP contribution is 2.53. The zero-order chi connectivity index (χ0) is 12.2. The Morgan fingerprint density at radius 3 is 2.44 bits per heavy atom. The first kappa shape index (κ1) is 13.3. The van der Waals surface area contributed by atoms with Crippen LogP contribution in [0.5, 0.6) is 0 Å². The Morgan fingerprint density at radius 2 is 2.00 bits per heavy atom. The Morgan fingerprint density at radius 1 is 1.38 bits per heavy atom. The van der Waals surface area contributed by atoms with Crippen molar-refractivity contribution in [3.05, 3.63) is 11.8 Å². The van der Waals surface area contributed by atoms with E-state index < -0.39 is 0 Å². The topological polar surface area (TPSA) is 44.1 Å². The van der Waals surface area contributed by atoms with Crippen LogP contribution in [0.15, 0.2) is 11.8 Å². The van der Waals surface area contributed by atoms with Gasteiger partial charge in [0.05, 0.1) is 5.76 Å². The number of aliphatic hydroxyl groups is 1. The molecule has 0 atom stereocenters. The first-order chi connectivity index (χ1) is 7.53. The normalized spacial score (nSPS) is 18.9. The molecule has 2 N–H and O–H groups in total. The Balaban J connectivity index is 2.46. The second kappa shape index (κ2) is 5.51. The van der Waals surface area contributed by atoms with Gasteiger partial charge in [-0.3, -0.25) is 0 Å². The number of allylic oxidation sites excluding steroid dienone is 2. The van der Waals surface area contributed by atoms with Crippen molar-refractivity contribution in [1.82, 2.24) is 0 Å². The summed E-state index contributed by atoms with van der Waals surface area (Å²) in [7, 11) is 0. The minimum absolute atomic E-state index is 0.0821. The van der Waals surface area contributed by atoms with E-state index in [0.29, 0.717) is 17.4 Å². The van der Waals surface area contributed by atoms with Gasteiger partial charge >= 0.3 is 0 Å². The second-order valence-electron chi connectivity index (χ2n) is 5.32. The monoisotopic (exact) mass is 223 g/mol. The van der Waals surface area contributed by atoms with Gasteiger partial charge in [-0.1, -0.05) is 33.6 Å². The van der Waals surface area contributed by atoms with Crippen LogP contribution in [0.3, 0.4) is 0 Å². The van der Waals surface area contributed by atoms with Crippen molar-refractivity contribution in [2.45, 2.75) is 59.3 Å². The maximum absolute atomic E-state index is 9.74. The summed E-state index contributed by atoms with van der Waals surface area (Å²) < 4.78 is 0. The van der Waals surface area contributed by atoms with Crippen LogP contribution < -0.4 is 0 Å². The molecule has 1 saturated carbocycles. The molecule has 0 bridgehead atoms. The van der Waals surface area contributed by atoms with Gasteiger partial charge in [0, 0.05) is 17.5 Å². The predicted molar refractivity (Wildman–Crippen MR) is 69.1 cm³/mol. The van der Waals surface area contributed by atoms with E-state index in [9.17, 15) is 5.11 Å².